The summed E-state index contributed by atoms with van der Waals surface area (Å²) in [6, 6.07) is 8.42. The summed E-state index contributed by atoms with van der Waals surface area (Å²) < 4.78 is 42.8. The number of hydrogen-bond donors (Lipinski definition) is 1. The van der Waals surface area contributed by atoms with Gasteiger partial charge in [0.05, 0.1) is 17.2 Å². The lowest BCUT2D eigenvalue weighted by Gasteiger charge is -2.39. The van der Waals surface area contributed by atoms with Gasteiger partial charge in [-0.2, -0.15) is 18.4 Å². The standard InChI is InChI=1S/C26H28F3N5O2/c1-32-10-2-3-21(32)24(36)33-11-8-25(9-12-33)14-22(23(35)31-18-5-6-18)34(16-25)19-7-4-17(15-30)20(13-19)26(27,28)29/h2-4,7,10,13,18,22H,5-6,8-9,11-12,14,16H2,1H3,(H,31,35). The Labute approximate surface area is 207 Å². The zero-order chi connectivity index (χ0) is 25.7. The number of rotatable bonds is 4. The first-order valence-electron chi connectivity index (χ1n) is 12.2. The lowest BCUT2D eigenvalue weighted by molar-refractivity contribution is -0.137. The number of aromatic nitrogens is 1. The molecule has 1 aromatic heterocycles. The third kappa shape index (κ3) is 4.54. The van der Waals surface area contributed by atoms with Crippen LogP contribution in [-0.4, -0.2) is 53.0 Å². The summed E-state index contributed by atoms with van der Waals surface area (Å²) in [6.45, 7) is 1.47. The zero-order valence-electron chi connectivity index (χ0n) is 20.0. The van der Waals surface area contributed by atoms with Crippen LogP contribution in [0.5, 0.6) is 0 Å². The van der Waals surface area contributed by atoms with E-state index in [1.54, 1.807) is 21.6 Å². The van der Waals surface area contributed by atoms with Gasteiger partial charge >= 0.3 is 6.18 Å². The molecule has 2 saturated heterocycles. The molecule has 10 heteroatoms. The van der Waals surface area contributed by atoms with E-state index in [1.807, 2.05) is 24.2 Å². The molecule has 1 N–H and O–H groups in total. The van der Waals surface area contributed by atoms with Crippen LogP contribution in [0, 0.1) is 16.7 Å². The Hall–Kier alpha value is -3.48. The van der Waals surface area contributed by atoms with Gasteiger partial charge in [-0.1, -0.05) is 0 Å². The summed E-state index contributed by atoms with van der Waals surface area (Å²) in [6.07, 6.45) is 0.809. The van der Waals surface area contributed by atoms with Gasteiger partial charge in [0.25, 0.3) is 5.91 Å². The summed E-state index contributed by atoms with van der Waals surface area (Å²) in [4.78, 5) is 29.7. The summed E-state index contributed by atoms with van der Waals surface area (Å²) in [7, 11) is 1.82. The highest BCUT2D eigenvalue weighted by Gasteiger charge is 2.49. The minimum absolute atomic E-state index is 0.0443. The molecular formula is C26H28F3N5O2. The molecule has 0 bridgehead atoms. The molecule has 1 unspecified atom stereocenters. The summed E-state index contributed by atoms with van der Waals surface area (Å²) in [5.41, 5.74) is -0.822. The average molecular weight is 500 g/mol. The molecule has 2 aromatic rings. The van der Waals surface area contributed by atoms with Crippen LogP contribution in [-0.2, 0) is 18.0 Å². The number of halogens is 3. The number of carbonyl (C=O) groups is 2. The summed E-state index contributed by atoms with van der Waals surface area (Å²) >= 11 is 0. The number of nitrogens with zero attached hydrogens (tertiary/aromatic N) is 4. The van der Waals surface area contributed by atoms with Gasteiger partial charge in [0.15, 0.2) is 0 Å². The van der Waals surface area contributed by atoms with Crippen molar-refractivity contribution in [2.24, 2.45) is 12.5 Å². The molecule has 3 aliphatic rings. The van der Waals surface area contributed by atoms with E-state index in [0.29, 0.717) is 44.6 Å². The number of benzene rings is 1. The lowest BCUT2D eigenvalue weighted by atomic mass is 9.76. The van der Waals surface area contributed by atoms with Crippen LogP contribution >= 0.6 is 0 Å². The van der Waals surface area contributed by atoms with Gasteiger partial charge in [-0.15, -0.1) is 0 Å². The third-order valence-corrected chi connectivity index (χ3v) is 7.77. The Morgan fingerprint density at radius 1 is 1.17 bits per heavy atom. The second kappa shape index (κ2) is 8.87. The Morgan fingerprint density at radius 2 is 1.89 bits per heavy atom. The molecule has 5 rings (SSSR count). The fourth-order valence-corrected chi connectivity index (χ4v) is 5.52. The van der Waals surface area contributed by atoms with Crippen molar-refractivity contribution in [1.29, 1.82) is 5.26 Å². The first kappa shape index (κ1) is 24.2. The quantitative estimate of drug-likeness (QED) is 0.696. The predicted molar refractivity (Wildman–Crippen MR) is 126 cm³/mol. The number of nitriles is 1. The number of piperidine rings is 1. The Bertz CT molecular complexity index is 1220. The maximum absolute atomic E-state index is 13.7. The number of aryl methyl sites for hydroxylation is 1. The van der Waals surface area contributed by atoms with Gasteiger partial charge in [0.1, 0.15) is 11.7 Å². The monoisotopic (exact) mass is 499 g/mol. The average Bonchev–Trinajstić information content (AvgIpc) is 3.43. The topological polar surface area (TPSA) is 81.4 Å². The van der Waals surface area contributed by atoms with Gasteiger partial charge < -0.3 is 19.7 Å². The van der Waals surface area contributed by atoms with Gasteiger partial charge in [-0.3, -0.25) is 9.59 Å². The predicted octanol–water partition coefficient (Wildman–Crippen LogP) is 3.70. The Balaban J connectivity index is 1.39. The van der Waals surface area contributed by atoms with Crippen molar-refractivity contribution < 1.29 is 22.8 Å². The number of likely N-dealkylation sites (tertiary alicyclic amines) is 1. The second-order valence-electron chi connectivity index (χ2n) is 10.3. The maximum atomic E-state index is 13.7. The number of carbonyl (C=O) groups excluding carboxylic acids is 2. The van der Waals surface area contributed by atoms with E-state index in [9.17, 15) is 28.0 Å². The van der Waals surface area contributed by atoms with Crippen LogP contribution in [0.25, 0.3) is 0 Å². The number of hydrogen-bond acceptors (Lipinski definition) is 4. The number of nitrogens with one attached hydrogen (secondary N) is 1. The highest BCUT2D eigenvalue weighted by atomic mass is 19.4. The molecule has 1 saturated carbocycles. The van der Waals surface area contributed by atoms with Gasteiger partial charge in [-0.25, -0.2) is 0 Å². The zero-order valence-corrected chi connectivity index (χ0v) is 20.0. The first-order chi connectivity index (χ1) is 17.1. The van der Waals surface area contributed by atoms with E-state index in [1.165, 1.54) is 12.1 Å². The fraction of sp³-hybridized carbons (Fsp3) is 0.500. The largest absolute Gasteiger partial charge is 0.417 e. The van der Waals surface area contributed by atoms with Gasteiger partial charge in [0, 0.05) is 44.6 Å². The molecule has 1 atom stereocenters. The van der Waals surface area contributed by atoms with Crippen LogP contribution < -0.4 is 10.2 Å². The van der Waals surface area contributed by atoms with E-state index in [0.717, 1.165) is 18.9 Å². The van der Waals surface area contributed by atoms with E-state index in [4.69, 9.17) is 0 Å². The second-order valence-corrected chi connectivity index (χ2v) is 10.3. The highest BCUT2D eigenvalue weighted by Crippen LogP contribution is 2.46. The molecule has 1 spiro atoms. The molecule has 190 valence electrons. The summed E-state index contributed by atoms with van der Waals surface area (Å²) in [5.74, 6) is -0.216. The molecule has 7 nitrogen and oxygen atoms in total. The number of alkyl halides is 3. The minimum atomic E-state index is -4.67. The maximum Gasteiger partial charge on any atom is 0.417 e. The molecule has 36 heavy (non-hydrogen) atoms. The Kier molecular flexibility index (Phi) is 5.97. The van der Waals surface area contributed by atoms with E-state index >= 15 is 0 Å². The van der Waals surface area contributed by atoms with Crippen molar-refractivity contribution >= 4 is 17.5 Å². The van der Waals surface area contributed by atoms with Gasteiger partial charge in [-0.05, 0) is 67.9 Å². The van der Waals surface area contributed by atoms with Crippen molar-refractivity contribution in [3.8, 4) is 6.07 Å². The number of amides is 2. The summed E-state index contributed by atoms with van der Waals surface area (Å²) in [5, 5.41) is 12.2. The molecule has 3 heterocycles. The lowest BCUT2D eigenvalue weighted by Crippen LogP contribution is -2.44. The van der Waals surface area contributed by atoms with Gasteiger partial charge in [0.2, 0.25) is 5.91 Å². The smallest absolute Gasteiger partial charge is 0.359 e. The van der Waals surface area contributed by atoms with E-state index < -0.39 is 23.3 Å². The molecule has 0 radical (unpaired) electrons. The molecule has 1 aromatic carbocycles. The van der Waals surface area contributed by atoms with Crippen LogP contribution in [0.4, 0.5) is 18.9 Å². The van der Waals surface area contributed by atoms with E-state index in [-0.39, 0.29) is 29.0 Å². The van der Waals surface area contributed by atoms with Crippen molar-refractivity contribution in [3.05, 3.63) is 53.3 Å². The third-order valence-electron chi connectivity index (χ3n) is 7.77. The van der Waals surface area contributed by atoms with Crippen molar-refractivity contribution in [1.82, 2.24) is 14.8 Å². The first-order valence-corrected chi connectivity index (χ1v) is 12.2. The normalized spacial score (nSPS) is 21.5. The molecule has 1 aliphatic carbocycles. The van der Waals surface area contributed by atoms with E-state index in [2.05, 4.69) is 5.32 Å². The Morgan fingerprint density at radius 3 is 2.47 bits per heavy atom. The minimum Gasteiger partial charge on any atom is -0.359 e. The molecular weight excluding hydrogens is 471 g/mol. The van der Waals surface area contributed by atoms with Crippen LogP contribution in [0.2, 0.25) is 0 Å². The molecule has 3 fully saturated rings. The van der Waals surface area contributed by atoms with Crippen molar-refractivity contribution in [2.75, 3.05) is 24.5 Å². The molecule has 2 amide bonds. The SMILES string of the molecule is Cn1cccc1C(=O)N1CCC2(CC1)CC(C(=O)NC1CC1)N(c1ccc(C#N)c(C(F)(F)F)c1)C2. The van der Waals surface area contributed by atoms with Crippen molar-refractivity contribution in [3.63, 3.8) is 0 Å². The fourth-order valence-electron chi connectivity index (χ4n) is 5.52. The van der Waals surface area contributed by atoms with Crippen LogP contribution in [0.15, 0.2) is 36.5 Å². The number of anilines is 1. The highest BCUT2D eigenvalue weighted by molar-refractivity contribution is 5.93. The van der Waals surface area contributed by atoms with Crippen molar-refractivity contribution in [2.45, 2.75) is 50.4 Å². The van der Waals surface area contributed by atoms with Crippen LogP contribution in [0.3, 0.4) is 0 Å². The van der Waals surface area contributed by atoms with Crippen LogP contribution in [0.1, 0.15) is 53.7 Å². The molecule has 2 aliphatic heterocycles.